The number of fused-ring (bicyclic) bond motifs is 1. The van der Waals surface area contributed by atoms with Gasteiger partial charge in [0.15, 0.2) is 11.6 Å². The minimum Gasteiger partial charge on any atom is -0.421 e. The molecule has 6 rings (SSSR count). The molecule has 5 aromatic rings. The Morgan fingerprint density at radius 2 is 1.85 bits per heavy atom. The predicted molar refractivity (Wildman–Crippen MR) is 152 cm³/mol. The summed E-state index contributed by atoms with van der Waals surface area (Å²) in [6.45, 7) is 10.2. The first-order valence-electron chi connectivity index (χ1n) is 12.9. The highest BCUT2D eigenvalue weighted by Crippen LogP contribution is 2.43. The number of halogens is 1. The molecule has 0 spiro atoms. The molecule has 40 heavy (non-hydrogen) atoms. The molecular formula is C31H27FN6O2. The monoisotopic (exact) mass is 534 g/mol. The van der Waals surface area contributed by atoms with E-state index in [0.717, 1.165) is 50.5 Å². The van der Waals surface area contributed by atoms with Crippen molar-refractivity contribution in [3.05, 3.63) is 89.9 Å². The molecular weight excluding hydrogens is 507 g/mol. The smallest absolute Gasteiger partial charge is 0.322 e. The Hall–Kier alpha value is -4.92. The minimum atomic E-state index is -0.542. The minimum absolute atomic E-state index is 0.0292. The second-order valence-corrected chi connectivity index (χ2v) is 9.98. The van der Waals surface area contributed by atoms with Crippen LogP contribution < -0.4 is 9.64 Å². The molecule has 4 heterocycles. The van der Waals surface area contributed by atoms with E-state index in [1.165, 1.54) is 12.4 Å². The first-order valence-corrected chi connectivity index (χ1v) is 12.9. The summed E-state index contributed by atoms with van der Waals surface area (Å²) in [5.74, 6) is -0.557. The van der Waals surface area contributed by atoms with Crippen molar-refractivity contribution in [2.75, 3.05) is 11.4 Å². The van der Waals surface area contributed by atoms with E-state index in [0.29, 0.717) is 24.1 Å². The fourth-order valence-electron chi connectivity index (χ4n) is 5.28. The summed E-state index contributed by atoms with van der Waals surface area (Å²) in [4.78, 5) is 31.6. The molecule has 9 heteroatoms. The maximum Gasteiger partial charge on any atom is 0.322 e. The lowest BCUT2D eigenvalue weighted by molar-refractivity contribution is -0.114. The van der Waals surface area contributed by atoms with Crippen LogP contribution in [-0.4, -0.2) is 37.0 Å². The molecule has 1 saturated heterocycles. The number of nitrogens with zero attached hydrogens (tertiary/aromatic N) is 6. The highest BCUT2D eigenvalue weighted by atomic mass is 19.1. The number of carbonyl (C=O) groups excluding carboxylic acids is 1. The second-order valence-electron chi connectivity index (χ2n) is 9.98. The predicted octanol–water partition coefficient (Wildman–Crippen LogP) is 6.24. The second kappa shape index (κ2) is 9.68. The molecule has 3 aromatic heterocycles. The third kappa shape index (κ3) is 4.20. The topological polar surface area (TPSA) is 86.0 Å². The van der Waals surface area contributed by atoms with Gasteiger partial charge in [-0.15, -0.1) is 0 Å². The zero-order valence-corrected chi connectivity index (χ0v) is 22.7. The van der Waals surface area contributed by atoms with Crippen molar-refractivity contribution < 1.29 is 13.9 Å². The van der Waals surface area contributed by atoms with Crippen LogP contribution in [0.5, 0.6) is 11.8 Å². The quantitative estimate of drug-likeness (QED) is 0.248. The molecule has 8 nitrogen and oxygen atoms in total. The number of hydrogen-bond donors (Lipinski definition) is 0. The third-order valence-corrected chi connectivity index (χ3v) is 7.31. The van der Waals surface area contributed by atoms with E-state index < -0.39 is 5.82 Å². The summed E-state index contributed by atoms with van der Waals surface area (Å²) in [7, 11) is 1.94. The van der Waals surface area contributed by atoms with Gasteiger partial charge in [-0.05, 0) is 68.7 Å². The van der Waals surface area contributed by atoms with E-state index in [1.807, 2.05) is 56.7 Å². The van der Waals surface area contributed by atoms with Crippen LogP contribution in [0.3, 0.4) is 0 Å². The normalized spacial score (nSPS) is 13.5. The van der Waals surface area contributed by atoms with Crippen LogP contribution in [0, 0.1) is 26.6 Å². The number of anilines is 1. The largest absolute Gasteiger partial charge is 0.421 e. The average Bonchev–Trinajstić information content (AvgIpc) is 3.42. The summed E-state index contributed by atoms with van der Waals surface area (Å²) in [6.07, 6.45) is 3.76. The lowest BCUT2D eigenvalue weighted by atomic mass is 9.95. The molecule has 1 amide bonds. The van der Waals surface area contributed by atoms with E-state index in [9.17, 15) is 4.79 Å². The molecule has 0 atom stereocenters. The van der Waals surface area contributed by atoms with E-state index in [4.69, 9.17) is 4.74 Å². The number of rotatable bonds is 5. The van der Waals surface area contributed by atoms with Gasteiger partial charge in [-0.25, -0.2) is 24.3 Å². The fraction of sp³-hybridized carbons (Fsp3) is 0.194. The zero-order chi connectivity index (χ0) is 28.1. The number of aromatic nitrogens is 5. The van der Waals surface area contributed by atoms with Gasteiger partial charge in [0.25, 0.3) is 5.91 Å². The fourth-order valence-corrected chi connectivity index (χ4v) is 5.28. The number of amides is 1. The number of hydrogen-bond acceptors (Lipinski definition) is 6. The molecule has 1 fully saturated rings. The van der Waals surface area contributed by atoms with Crippen molar-refractivity contribution >= 4 is 22.6 Å². The van der Waals surface area contributed by atoms with Crippen LogP contribution in [0.25, 0.3) is 33.4 Å². The summed E-state index contributed by atoms with van der Waals surface area (Å²) in [6, 6.07) is 12.6. The third-order valence-electron chi connectivity index (χ3n) is 7.31. The molecule has 0 aliphatic carbocycles. The van der Waals surface area contributed by atoms with Crippen LogP contribution in [0.2, 0.25) is 0 Å². The maximum atomic E-state index is 15.5. The van der Waals surface area contributed by atoms with Gasteiger partial charge in [0.05, 0.1) is 11.4 Å². The highest BCUT2D eigenvalue weighted by Gasteiger charge is 2.27. The SMILES string of the molecule is C=C1CCN(c2ccc(-c3c(-c4ccc(Oc5nccc(C)n5)c(F)c4)c4c(C)ncnc4n3C)c(C)c2)C1=O. The van der Waals surface area contributed by atoms with Gasteiger partial charge in [0, 0.05) is 53.3 Å². The summed E-state index contributed by atoms with van der Waals surface area (Å²) in [5.41, 5.74) is 7.94. The van der Waals surface area contributed by atoms with Crippen molar-refractivity contribution in [2.24, 2.45) is 7.05 Å². The van der Waals surface area contributed by atoms with E-state index in [-0.39, 0.29) is 17.7 Å². The lowest BCUT2D eigenvalue weighted by Crippen LogP contribution is -2.24. The standard InChI is InChI=1S/C31H27FN6O2/c1-17-11-13-38(30(17)39)22-7-8-23(18(2)14-22)28-27(26-20(4)34-16-35-29(26)37(28)5)21-6-9-25(24(32)15-21)40-31-33-12-10-19(3)36-31/h6-10,12,14-16H,1,11,13H2,2-5H3. The molecule has 2 aromatic carbocycles. The Kier molecular flexibility index (Phi) is 6.14. The molecule has 0 radical (unpaired) electrons. The molecule has 1 aliphatic rings. The number of benzene rings is 2. The van der Waals surface area contributed by atoms with Gasteiger partial charge in [0.1, 0.15) is 12.0 Å². The van der Waals surface area contributed by atoms with Gasteiger partial charge >= 0.3 is 6.01 Å². The van der Waals surface area contributed by atoms with Gasteiger partial charge in [-0.3, -0.25) is 4.79 Å². The van der Waals surface area contributed by atoms with Crippen LogP contribution >= 0.6 is 0 Å². The average molecular weight is 535 g/mol. The molecule has 0 saturated carbocycles. The van der Waals surface area contributed by atoms with Crippen LogP contribution in [-0.2, 0) is 11.8 Å². The summed E-state index contributed by atoms with van der Waals surface area (Å²) >= 11 is 0. The molecule has 0 N–H and O–H groups in total. The van der Waals surface area contributed by atoms with E-state index in [2.05, 4.69) is 26.5 Å². The van der Waals surface area contributed by atoms with Gasteiger partial charge in [-0.1, -0.05) is 18.7 Å². The Bertz CT molecular complexity index is 1840. The Balaban J connectivity index is 1.49. The maximum absolute atomic E-state index is 15.5. The van der Waals surface area contributed by atoms with E-state index >= 15 is 4.39 Å². The molecule has 200 valence electrons. The summed E-state index contributed by atoms with van der Waals surface area (Å²) < 4.78 is 23.1. The van der Waals surface area contributed by atoms with Crippen molar-refractivity contribution in [1.29, 1.82) is 0 Å². The highest BCUT2D eigenvalue weighted by molar-refractivity contribution is 6.08. The number of aryl methyl sites for hydroxylation is 4. The summed E-state index contributed by atoms with van der Waals surface area (Å²) in [5, 5.41) is 0.838. The molecule has 1 aliphatic heterocycles. The van der Waals surface area contributed by atoms with Crippen molar-refractivity contribution in [2.45, 2.75) is 27.2 Å². The van der Waals surface area contributed by atoms with Gasteiger partial charge in [-0.2, -0.15) is 0 Å². The number of carbonyl (C=O) groups is 1. The zero-order valence-electron chi connectivity index (χ0n) is 22.7. The number of ether oxygens (including phenoxy) is 1. The molecule has 0 bridgehead atoms. The van der Waals surface area contributed by atoms with Crippen molar-refractivity contribution in [1.82, 2.24) is 24.5 Å². The first-order chi connectivity index (χ1) is 19.2. The van der Waals surface area contributed by atoms with Crippen LogP contribution in [0.15, 0.2) is 67.1 Å². The Labute approximate surface area is 230 Å². The Morgan fingerprint density at radius 3 is 2.55 bits per heavy atom. The van der Waals surface area contributed by atoms with Gasteiger partial charge < -0.3 is 14.2 Å². The van der Waals surface area contributed by atoms with Crippen molar-refractivity contribution in [3.63, 3.8) is 0 Å². The van der Waals surface area contributed by atoms with Crippen LogP contribution in [0.1, 0.15) is 23.4 Å². The first kappa shape index (κ1) is 25.4. The lowest BCUT2D eigenvalue weighted by Gasteiger charge is -2.18. The van der Waals surface area contributed by atoms with Crippen molar-refractivity contribution in [3.8, 4) is 34.1 Å². The molecule has 0 unspecified atom stereocenters. The Morgan fingerprint density at radius 1 is 1.02 bits per heavy atom. The van der Waals surface area contributed by atoms with Gasteiger partial charge in [0.2, 0.25) is 0 Å². The van der Waals surface area contributed by atoms with Crippen LogP contribution in [0.4, 0.5) is 10.1 Å². The van der Waals surface area contributed by atoms with E-state index in [1.54, 1.807) is 23.2 Å².